The second-order valence-electron chi connectivity index (χ2n) is 6.92. The number of halogens is 1. The number of carbonyl (C=O) groups is 1. The Morgan fingerprint density at radius 3 is 2.20 bits per heavy atom. The van der Waals surface area contributed by atoms with Crippen molar-refractivity contribution in [3.05, 3.63) is 34.9 Å². The molecule has 0 atom stereocenters. The molecule has 2 rings (SSSR count). The topological polar surface area (TPSA) is 55.1 Å². The maximum Gasteiger partial charge on any atom is 0.224 e. The van der Waals surface area contributed by atoms with Crippen molar-refractivity contribution in [1.29, 1.82) is 0 Å². The van der Waals surface area contributed by atoms with Crippen LogP contribution in [-0.4, -0.2) is 18.0 Å². The molecule has 1 amide bonds. The van der Waals surface area contributed by atoms with E-state index in [1.165, 1.54) is 0 Å². The highest BCUT2D eigenvalue weighted by atomic mass is 35.5. The summed E-state index contributed by atoms with van der Waals surface area (Å²) in [6, 6.07) is 7.56. The van der Waals surface area contributed by atoms with E-state index in [4.69, 9.17) is 17.3 Å². The molecule has 0 saturated heterocycles. The van der Waals surface area contributed by atoms with Gasteiger partial charge in [-0.25, -0.2) is 0 Å². The molecule has 1 aliphatic rings. The molecule has 1 aromatic carbocycles. The van der Waals surface area contributed by atoms with E-state index in [1.54, 1.807) is 12.1 Å². The lowest BCUT2D eigenvalue weighted by atomic mass is 9.48. The fourth-order valence-corrected chi connectivity index (χ4v) is 3.68. The Labute approximate surface area is 125 Å². The Bertz CT molecular complexity index is 492. The van der Waals surface area contributed by atoms with Gasteiger partial charge in [0, 0.05) is 27.9 Å². The van der Waals surface area contributed by atoms with E-state index in [-0.39, 0.29) is 28.8 Å². The van der Waals surface area contributed by atoms with Crippen LogP contribution in [-0.2, 0) is 11.2 Å². The van der Waals surface area contributed by atoms with Gasteiger partial charge in [-0.05, 0) is 17.7 Å². The van der Waals surface area contributed by atoms with Gasteiger partial charge in [-0.1, -0.05) is 51.4 Å². The molecule has 0 heterocycles. The largest absolute Gasteiger partial charge is 0.352 e. The number of hydrogen-bond donors (Lipinski definition) is 2. The van der Waals surface area contributed by atoms with Crippen LogP contribution in [0.25, 0.3) is 0 Å². The first kappa shape index (κ1) is 15.3. The van der Waals surface area contributed by atoms with Crippen LogP contribution in [0.3, 0.4) is 0 Å². The van der Waals surface area contributed by atoms with Gasteiger partial charge in [0.2, 0.25) is 5.91 Å². The third kappa shape index (κ3) is 2.57. The lowest BCUT2D eigenvalue weighted by Gasteiger charge is -2.62. The zero-order valence-electron chi connectivity index (χ0n) is 12.5. The second kappa shape index (κ2) is 5.05. The van der Waals surface area contributed by atoms with E-state index in [0.717, 1.165) is 5.56 Å². The Kier molecular flexibility index (Phi) is 3.87. The minimum atomic E-state index is -0.0703. The summed E-state index contributed by atoms with van der Waals surface area (Å²) in [6.45, 7) is 8.43. The van der Waals surface area contributed by atoms with Crippen molar-refractivity contribution in [1.82, 2.24) is 5.32 Å². The molecule has 1 aliphatic carbocycles. The minimum absolute atomic E-state index is 0.0328. The summed E-state index contributed by atoms with van der Waals surface area (Å²) >= 11 is 5.84. The van der Waals surface area contributed by atoms with Gasteiger partial charge in [-0.15, -0.1) is 0 Å². The number of amides is 1. The first-order chi connectivity index (χ1) is 9.15. The maximum absolute atomic E-state index is 12.2. The van der Waals surface area contributed by atoms with Crippen molar-refractivity contribution in [2.45, 2.75) is 46.2 Å². The summed E-state index contributed by atoms with van der Waals surface area (Å²) in [5.41, 5.74) is 7.03. The van der Waals surface area contributed by atoms with E-state index in [9.17, 15) is 4.79 Å². The van der Waals surface area contributed by atoms with Gasteiger partial charge in [-0.3, -0.25) is 4.79 Å². The van der Waals surface area contributed by atoms with Crippen molar-refractivity contribution < 1.29 is 4.79 Å². The number of benzene rings is 1. The number of rotatable bonds is 3. The number of nitrogens with two attached hydrogens (primary N) is 1. The molecule has 0 unspecified atom stereocenters. The molecular weight excluding hydrogens is 272 g/mol. The van der Waals surface area contributed by atoms with Crippen LogP contribution in [0.1, 0.15) is 33.3 Å². The summed E-state index contributed by atoms with van der Waals surface area (Å²) in [7, 11) is 0. The normalized spacial score (nSPS) is 26.7. The van der Waals surface area contributed by atoms with Gasteiger partial charge < -0.3 is 11.1 Å². The fourth-order valence-electron chi connectivity index (χ4n) is 3.55. The third-order valence-corrected chi connectivity index (χ3v) is 4.93. The Morgan fingerprint density at radius 1 is 1.20 bits per heavy atom. The van der Waals surface area contributed by atoms with E-state index < -0.39 is 0 Å². The SMILES string of the molecule is CC1(C)C(N)C(C)(C)C1NC(=O)Cc1ccc(Cl)cc1. The molecule has 3 nitrogen and oxygen atoms in total. The van der Waals surface area contributed by atoms with Gasteiger partial charge in [0.25, 0.3) is 0 Å². The zero-order valence-corrected chi connectivity index (χ0v) is 13.3. The van der Waals surface area contributed by atoms with Crippen molar-refractivity contribution >= 4 is 17.5 Å². The molecule has 1 saturated carbocycles. The summed E-state index contributed by atoms with van der Waals surface area (Å²) in [6.07, 6.45) is 0.370. The molecule has 0 spiro atoms. The molecule has 1 aromatic rings. The Hall–Kier alpha value is -1.06. The van der Waals surface area contributed by atoms with E-state index in [0.29, 0.717) is 11.4 Å². The van der Waals surface area contributed by atoms with Gasteiger partial charge in [0.15, 0.2) is 0 Å². The van der Waals surface area contributed by atoms with Crippen LogP contribution in [0.4, 0.5) is 0 Å². The fraction of sp³-hybridized carbons (Fsp3) is 0.562. The molecule has 0 aromatic heterocycles. The second-order valence-corrected chi connectivity index (χ2v) is 7.36. The number of nitrogens with one attached hydrogen (secondary N) is 1. The molecule has 0 radical (unpaired) electrons. The smallest absolute Gasteiger partial charge is 0.224 e. The maximum atomic E-state index is 12.2. The molecule has 20 heavy (non-hydrogen) atoms. The minimum Gasteiger partial charge on any atom is -0.352 e. The van der Waals surface area contributed by atoms with Crippen LogP contribution in [0.5, 0.6) is 0 Å². The standard InChI is InChI=1S/C16H23ClN2O/c1-15(2)13(18)16(3,4)14(15)19-12(20)9-10-5-7-11(17)8-6-10/h5-8,13-14H,9,18H2,1-4H3,(H,19,20). The number of hydrogen-bond acceptors (Lipinski definition) is 2. The van der Waals surface area contributed by atoms with E-state index in [1.807, 2.05) is 12.1 Å². The van der Waals surface area contributed by atoms with Crippen LogP contribution in [0.2, 0.25) is 5.02 Å². The monoisotopic (exact) mass is 294 g/mol. The molecule has 1 fully saturated rings. The summed E-state index contributed by atoms with van der Waals surface area (Å²) in [5.74, 6) is 0.0328. The van der Waals surface area contributed by atoms with Gasteiger partial charge in [0.05, 0.1) is 6.42 Å². The van der Waals surface area contributed by atoms with Gasteiger partial charge in [-0.2, -0.15) is 0 Å². The highest BCUT2D eigenvalue weighted by Gasteiger charge is 2.60. The molecule has 0 aliphatic heterocycles. The average Bonchev–Trinajstić information content (AvgIpc) is 2.37. The van der Waals surface area contributed by atoms with Gasteiger partial charge >= 0.3 is 0 Å². The summed E-state index contributed by atoms with van der Waals surface area (Å²) in [5, 5.41) is 3.82. The van der Waals surface area contributed by atoms with Crippen LogP contribution >= 0.6 is 11.6 Å². The lowest BCUT2D eigenvalue weighted by molar-refractivity contribution is -0.131. The molecule has 3 N–H and O–H groups in total. The Morgan fingerprint density at radius 2 is 1.70 bits per heavy atom. The van der Waals surface area contributed by atoms with Crippen molar-refractivity contribution in [2.75, 3.05) is 0 Å². The van der Waals surface area contributed by atoms with Gasteiger partial charge in [0.1, 0.15) is 0 Å². The van der Waals surface area contributed by atoms with Crippen molar-refractivity contribution in [3.8, 4) is 0 Å². The highest BCUT2D eigenvalue weighted by Crippen LogP contribution is 2.52. The molecular formula is C16H23ClN2O. The van der Waals surface area contributed by atoms with Crippen molar-refractivity contribution in [2.24, 2.45) is 16.6 Å². The van der Waals surface area contributed by atoms with E-state index in [2.05, 4.69) is 33.0 Å². The average molecular weight is 295 g/mol. The molecule has 0 bridgehead atoms. The molecule has 4 heteroatoms. The lowest BCUT2D eigenvalue weighted by Crippen LogP contribution is -2.76. The third-order valence-electron chi connectivity index (χ3n) is 4.67. The predicted octanol–water partition coefficient (Wildman–Crippen LogP) is 2.76. The quantitative estimate of drug-likeness (QED) is 0.900. The first-order valence-electron chi connectivity index (χ1n) is 6.95. The van der Waals surface area contributed by atoms with E-state index >= 15 is 0 Å². The molecule has 110 valence electrons. The highest BCUT2D eigenvalue weighted by molar-refractivity contribution is 6.30. The van der Waals surface area contributed by atoms with Crippen LogP contribution in [0, 0.1) is 10.8 Å². The first-order valence-corrected chi connectivity index (χ1v) is 7.33. The van der Waals surface area contributed by atoms with Crippen LogP contribution < -0.4 is 11.1 Å². The summed E-state index contributed by atoms with van der Waals surface area (Å²) < 4.78 is 0. The Balaban J connectivity index is 2.00. The number of carbonyl (C=O) groups excluding carboxylic acids is 1. The van der Waals surface area contributed by atoms with Crippen LogP contribution in [0.15, 0.2) is 24.3 Å². The predicted molar refractivity (Wildman–Crippen MR) is 82.6 cm³/mol. The van der Waals surface area contributed by atoms with Crippen molar-refractivity contribution in [3.63, 3.8) is 0 Å². The zero-order chi connectivity index (χ0) is 15.1. The summed E-state index contributed by atoms with van der Waals surface area (Å²) in [4.78, 5) is 12.2.